The van der Waals surface area contributed by atoms with E-state index in [0.29, 0.717) is 29.5 Å². The summed E-state index contributed by atoms with van der Waals surface area (Å²) in [6.07, 6.45) is 0.911. The number of nitrogens with zero attached hydrogens (tertiary/aromatic N) is 1. The van der Waals surface area contributed by atoms with E-state index in [1.54, 1.807) is 17.0 Å². The van der Waals surface area contributed by atoms with E-state index in [9.17, 15) is 14.7 Å². The minimum atomic E-state index is -0.113. The maximum Gasteiger partial charge on any atom is 0.254 e. The Morgan fingerprint density at radius 2 is 2.33 bits per heavy atom. The fourth-order valence-corrected chi connectivity index (χ4v) is 3.71. The molecular formula is C15H18N2O3S. The van der Waals surface area contributed by atoms with E-state index in [1.807, 2.05) is 6.07 Å². The first kappa shape index (κ1) is 14.4. The summed E-state index contributed by atoms with van der Waals surface area (Å²) in [5.41, 5.74) is 1.26. The van der Waals surface area contributed by atoms with E-state index < -0.39 is 0 Å². The first-order valence-electron chi connectivity index (χ1n) is 7.08. The highest BCUT2D eigenvalue weighted by atomic mass is 32.2. The van der Waals surface area contributed by atoms with E-state index in [4.69, 9.17) is 0 Å². The number of hydrogen-bond donors (Lipinski definition) is 2. The minimum Gasteiger partial charge on any atom is -0.394 e. The van der Waals surface area contributed by atoms with Crippen molar-refractivity contribution in [3.8, 4) is 0 Å². The zero-order valence-electron chi connectivity index (χ0n) is 11.8. The van der Waals surface area contributed by atoms with Crippen molar-refractivity contribution >= 4 is 29.3 Å². The van der Waals surface area contributed by atoms with Gasteiger partial charge in [0.2, 0.25) is 5.91 Å². The van der Waals surface area contributed by atoms with E-state index in [1.165, 1.54) is 11.8 Å². The number of hydrogen-bond acceptors (Lipinski definition) is 4. The molecule has 2 aliphatic rings. The van der Waals surface area contributed by atoms with Crippen molar-refractivity contribution < 1.29 is 14.7 Å². The number of fused-ring (bicyclic) bond motifs is 1. The first-order valence-corrected chi connectivity index (χ1v) is 8.07. The Balaban J connectivity index is 1.85. The van der Waals surface area contributed by atoms with Gasteiger partial charge >= 0.3 is 0 Å². The highest BCUT2D eigenvalue weighted by Crippen LogP contribution is 2.33. The molecule has 1 saturated heterocycles. The summed E-state index contributed by atoms with van der Waals surface area (Å²) < 4.78 is 0. The first-order chi connectivity index (χ1) is 10.1. The van der Waals surface area contributed by atoms with Crippen LogP contribution in [0, 0.1) is 5.92 Å². The molecule has 0 bridgehead atoms. The Hall–Kier alpha value is -1.53. The third kappa shape index (κ3) is 2.65. The number of nitrogens with one attached hydrogen (secondary N) is 1. The van der Waals surface area contributed by atoms with Gasteiger partial charge in [0, 0.05) is 17.0 Å². The summed E-state index contributed by atoms with van der Waals surface area (Å²) in [6.45, 7) is 2.71. The number of carbonyl (C=O) groups excluding carboxylic acids is 2. The van der Waals surface area contributed by atoms with Crippen LogP contribution in [0.15, 0.2) is 23.1 Å². The molecule has 0 aliphatic carbocycles. The highest BCUT2D eigenvalue weighted by molar-refractivity contribution is 8.00. The Morgan fingerprint density at radius 1 is 1.52 bits per heavy atom. The number of carbonyl (C=O) groups is 2. The fraction of sp³-hybridized carbons (Fsp3) is 0.467. The van der Waals surface area contributed by atoms with E-state index in [-0.39, 0.29) is 24.5 Å². The SMILES string of the molecule is CC1CCN(C(=O)c2ccc3c(c2)NC(=O)CS3)C1CO. The molecule has 3 rings (SSSR count). The second kappa shape index (κ2) is 5.69. The van der Waals surface area contributed by atoms with Gasteiger partial charge in [-0.3, -0.25) is 9.59 Å². The van der Waals surface area contributed by atoms with Gasteiger partial charge in [-0.15, -0.1) is 11.8 Å². The second-order valence-electron chi connectivity index (χ2n) is 5.56. The van der Waals surface area contributed by atoms with Crippen molar-refractivity contribution in [2.45, 2.75) is 24.3 Å². The lowest BCUT2D eigenvalue weighted by Crippen LogP contribution is -2.39. The predicted octanol–water partition coefficient (Wildman–Crippen LogP) is 1.57. The Kier molecular flexibility index (Phi) is 3.91. The normalized spacial score (nSPS) is 24.7. The van der Waals surface area contributed by atoms with Crippen molar-refractivity contribution in [2.75, 3.05) is 24.2 Å². The average Bonchev–Trinajstić information content (AvgIpc) is 2.86. The molecule has 1 fully saturated rings. The third-order valence-corrected chi connectivity index (χ3v) is 5.26. The van der Waals surface area contributed by atoms with Crippen LogP contribution in [-0.4, -0.2) is 46.8 Å². The molecule has 2 amide bonds. The molecule has 0 spiro atoms. The summed E-state index contributed by atoms with van der Waals surface area (Å²) in [6, 6.07) is 5.29. The Labute approximate surface area is 127 Å². The molecule has 5 nitrogen and oxygen atoms in total. The Bertz CT molecular complexity index is 590. The number of thioether (sulfide) groups is 1. The number of likely N-dealkylation sites (tertiary alicyclic amines) is 1. The second-order valence-corrected chi connectivity index (χ2v) is 6.58. The molecular weight excluding hydrogens is 288 g/mol. The molecule has 0 saturated carbocycles. The van der Waals surface area contributed by atoms with Gasteiger partial charge in [-0.2, -0.15) is 0 Å². The van der Waals surface area contributed by atoms with E-state index in [0.717, 1.165) is 11.3 Å². The summed E-state index contributed by atoms with van der Waals surface area (Å²) in [5.74, 6) is 0.606. The Morgan fingerprint density at radius 3 is 3.10 bits per heavy atom. The van der Waals surface area contributed by atoms with Gasteiger partial charge in [-0.1, -0.05) is 6.92 Å². The lowest BCUT2D eigenvalue weighted by Gasteiger charge is -2.26. The van der Waals surface area contributed by atoms with Gasteiger partial charge < -0.3 is 15.3 Å². The average molecular weight is 306 g/mol. The summed E-state index contributed by atoms with van der Waals surface area (Å²) in [4.78, 5) is 26.8. The molecule has 2 aliphatic heterocycles. The minimum absolute atomic E-state index is 0.00949. The lowest BCUT2D eigenvalue weighted by atomic mass is 10.0. The number of benzene rings is 1. The summed E-state index contributed by atoms with van der Waals surface area (Å²) in [7, 11) is 0. The predicted molar refractivity (Wildman–Crippen MR) is 81.5 cm³/mol. The molecule has 2 unspecified atom stereocenters. The van der Waals surface area contributed by atoms with Crippen LogP contribution < -0.4 is 5.32 Å². The van der Waals surface area contributed by atoms with Crippen LogP contribution in [0.5, 0.6) is 0 Å². The monoisotopic (exact) mass is 306 g/mol. The van der Waals surface area contributed by atoms with Crippen LogP contribution in [0.3, 0.4) is 0 Å². The van der Waals surface area contributed by atoms with Gasteiger partial charge in [-0.05, 0) is 30.5 Å². The number of aliphatic hydroxyl groups is 1. The molecule has 112 valence electrons. The van der Waals surface area contributed by atoms with Crippen LogP contribution in [0.25, 0.3) is 0 Å². The number of aliphatic hydroxyl groups excluding tert-OH is 1. The highest BCUT2D eigenvalue weighted by Gasteiger charge is 2.34. The number of rotatable bonds is 2. The van der Waals surface area contributed by atoms with Crippen molar-refractivity contribution in [2.24, 2.45) is 5.92 Å². The quantitative estimate of drug-likeness (QED) is 0.870. The summed E-state index contributed by atoms with van der Waals surface area (Å²) >= 11 is 1.48. The van der Waals surface area contributed by atoms with Crippen LogP contribution >= 0.6 is 11.8 Å². The van der Waals surface area contributed by atoms with Crippen LogP contribution in [0.2, 0.25) is 0 Å². The molecule has 2 heterocycles. The van der Waals surface area contributed by atoms with Crippen LogP contribution in [-0.2, 0) is 4.79 Å². The maximum absolute atomic E-state index is 12.6. The zero-order valence-corrected chi connectivity index (χ0v) is 12.7. The van der Waals surface area contributed by atoms with E-state index >= 15 is 0 Å². The topological polar surface area (TPSA) is 69.6 Å². The molecule has 2 N–H and O–H groups in total. The molecule has 0 radical (unpaired) electrons. The smallest absolute Gasteiger partial charge is 0.254 e. The lowest BCUT2D eigenvalue weighted by molar-refractivity contribution is -0.113. The standard InChI is InChI=1S/C15H18N2O3S/c1-9-4-5-17(12(9)7-18)15(20)10-2-3-13-11(6-10)16-14(19)8-21-13/h2-3,6,9,12,18H,4-5,7-8H2,1H3,(H,16,19). The van der Waals surface area contributed by atoms with Crippen molar-refractivity contribution in [3.05, 3.63) is 23.8 Å². The van der Waals surface area contributed by atoms with Gasteiger partial charge in [0.1, 0.15) is 0 Å². The van der Waals surface area contributed by atoms with Crippen molar-refractivity contribution in [1.29, 1.82) is 0 Å². The van der Waals surface area contributed by atoms with E-state index in [2.05, 4.69) is 12.2 Å². The van der Waals surface area contributed by atoms with Gasteiger partial charge in [0.05, 0.1) is 24.1 Å². The molecule has 1 aromatic carbocycles. The van der Waals surface area contributed by atoms with Crippen LogP contribution in [0.1, 0.15) is 23.7 Å². The number of anilines is 1. The van der Waals surface area contributed by atoms with Crippen molar-refractivity contribution in [1.82, 2.24) is 4.90 Å². The third-order valence-electron chi connectivity index (χ3n) is 4.19. The molecule has 6 heteroatoms. The fourth-order valence-electron chi connectivity index (χ4n) is 2.92. The molecule has 0 aromatic heterocycles. The van der Waals surface area contributed by atoms with Gasteiger partial charge in [0.15, 0.2) is 0 Å². The zero-order chi connectivity index (χ0) is 15.0. The van der Waals surface area contributed by atoms with Gasteiger partial charge in [-0.25, -0.2) is 0 Å². The largest absolute Gasteiger partial charge is 0.394 e. The molecule has 2 atom stereocenters. The molecule has 1 aromatic rings. The van der Waals surface area contributed by atoms with Crippen LogP contribution in [0.4, 0.5) is 5.69 Å². The van der Waals surface area contributed by atoms with Gasteiger partial charge in [0.25, 0.3) is 5.91 Å². The summed E-state index contributed by atoms with van der Waals surface area (Å²) in [5, 5.41) is 12.3. The van der Waals surface area contributed by atoms with Crippen molar-refractivity contribution in [3.63, 3.8) is 0 Å². The molecule has 21 heavy (non-hydrogen) atoms. The number of amides is 2. The maximum atomic E-state index is 12.6.